The first kappa shape index (κ1) is 16.7. The molecular weight excluding hydrogens is 336 g/mol. The average Bonchev–Trinajstić information content (AvgIpc) is 2.69. The molecule has 0 bridgehead atoms. The summed E-state index contributed by atoms with van der Waals surface area (Å²) in [6, 6.07) is 27.0. The smallest absolute Gasteiger partial charge is 0.136 e. The van der Waals surface area contributed by atoms with Crippen LogP contribution in [0.25, 0.3) is 27.7 Å². The van der Waals surface area contributed by atoms with Gasteiger partial charge in [0.05, 0.1) is 11.4 Å². The summed E-state index contributed by atoms with van der Waals surface area (Å²) in [7, 11) is 0. The van der Waals surface area contributed by atoms with E-state index in [0.29, 0.717) is 5.92 Å². The number of hydrogen-bond acceptors (Lipinski definition) is 2. The quantitative estimate of drug-likeness (QED) is 0.388. The first-order valence-electron chi connectivity index (χ1n) is 8.83. The highest BCUT2D eigenvalue weighted by molar-refractivity contribution is 7.71. The van der Waals surface area contributed by atoms with Crippen LogP contribution in [0.5, 0.6) is 0 Å². The Labute approximate surface area is 158 Å². The SMILES string of the molecule is CC(C)c1ccc(-c2nn(-c3ccccc3)c(=S)c3ccccc23)cc1. The Morgan fingerprint density at radius 3 is 2.04 bits per heavy atom. The van der Waals surface area contributed by atoms with Crippen LogP contribution in [0, 0.1) is 4.64 Å². The number of aromatic nitrogens is 2. The number of para-hydroxylation sites is 1. The Morgan fingerprint density at radius 2 is 1.38 bits per heavy atom. The Bertz CT molecular complexity index is 1110. The van der Waals surface area contributed by atoms with Crippen molar-refractivity contribution >= 4 is 23.0 Å². The van der Waals surface area contributed by atoms with Gasteiger partial charge in [0.15, 0.2) is 0 Å². The lowest BCUT2D eigenvalue weighted by Crippen LogP contribution is -2.05. The van der Waals surface area contributed by atoms with E-state index in [4.69, 9.17) is 17.3 Å². The van der Waals surface area contributed by atoms with Gasteiger partial charge in [-0.3, -0.25) is 0 Å². The van der Waals surface area contributed by atoms with E-state index in [9.17, 15) is 0 Å². The summed E-state index contributed by atoms with van der Waals surface area (Å²) in [4.78, 5) is 0. The minimum Gasteiger partial charge on any atom is -0.222 e. The largest absolute Gasteiger partial charge is 0.222 e. The molecule has 0 spiro atoms. The van der Waals surface area contributed by atoms with Crippen LogP contribution < -0.4 is 0 Å². The summed E-state index contributed by atoms with van der Waals surface area (Å²) in [5, 5.41) is 7.06. The molecule has 0 radical (unpaired) electrons. The van der Waals surface area contributed by atoms with Crippen LogP contribution in [-0.4, -0.2) is 9.78 Å². The second-order valence-corrected chi connectivity index (χ2v) is 7.11. The molecule has 1 heterocycles. The van der Waals surface area contributed by atoms with Gasteiger partial charge in [0.25, 0.3) is 0 Å². The fraction of sp³-hybridized carbons (Fsp3) is 0.130. The van der Waals surface area contributed by atoms with E-state index in [-0.39, 0.29) is 0 Å². The van der Waals surface area contributed by atoms with E-state index in [0.717, 1.165) is 32.4 Å². The molecule has 0 saturated carbocycles. The van der Waals surface area contributed by atoms with Crippen LogP contribution >= 0.6 is 12.2 Å². The van der Waals surface area contributed by atoms with Gasteiger partial charge in [-0.1, -0.05) is 92.8 Å². The molecule has 4 rings (SSSR count). The van der Waals surface area contributed by atoms with Gasteiger partial charge in [0.2, 0.25) is 0 Å². The molecule has 0 saturated heterocycles. The molecule has 0 N–H and O–H groups in total. The lowest BCUT2D eigenvalue weighted by molar-refractivity contribution is 0.846. The van der Waals surface area contributed by atoms with E-state index in [2.05, 4.69) is 50.2 Å². The van der Waals surface area contributed by atoms with Crippen molar-refractivity contribution in [1.29, 1.82) is 0 Å². The zero-order valence-electron chi connectivity index (χ0n) is 14.9. The maximum atomic E-state index is 5.74. The van der Waals surface area contributed by atoms with Gasteiger partial charge < -0.3 is 0 Å². The number of rotatable bonds is 3. The molecule has 0 atom stereocenters. The molecule has 0 aliphatic rings. The lowest BCUT2D eigenvalue weighted by Gasteiger charge is -2.13. The summed E-state index contributed by atoms with van der Waals surface area (Å²) < 4.78 is 2.60. The number of nitrogens with zero attached hydrogens (tertiary/aromatic N) is 2. The lowest BCUT2D eigenvalue weighted by atomic mass is 9.99. The van der Waals surface area contributed by atoms with Crippen LogP contribution in [0.4, 0.5) is 0 Å². The highest BCUT2D eigenvalue weighted by atomic mass is 32.1. The summed E-state index contributed by atoms with van der Waals surface area (Å²) in [6.07, 6.45) is 0. The molecule has 0 aliphatic heterocycles. The average molecular weight is 356 g/mol. The fourth-order valence-corrected chi connectivity index (χ4v) is 3.50. The maximum absolute atomic E-state index is 5.74. The van der Waals surface area contributed by atoms with Gasteiger partial charge in [-0.25, -0.2) is 4.68 Å². The van der Waals surface area contributed by atoms with Crippen LogP contribution in [0.15, 0.2) is 78.9 Å². The zero-order chi connectivity index (χ0) is 18.1. The Hall–Kier alpha value is -2.78. The summed E-state index contributed by atoms with van der Waals surface area (Å²) in [6.45, 7) is 4.41. The minimum atomic E-state index is 0.512. The van der Waals surface area contributed by atoms with Crippen molar-refractivity contribution in [2.75, 3.05) is 0 Å². The Morgan fingerprint density at radius 1 is 0.769 bits per heavy atom. The molecule has 26 heavy (non-hydrogen) atoms. The third kappa shape index (κ3) is 2.95. The minimum absolute atomic E-state index is 0.512. The van der Waals surface area contributed by atoms with Crippen molar-refractivity contribution in [3.8, 4) is 16.9 Å². The Kier molecular flexibility index (Phi) is 4.39. The zero-order valence-corrected chi connectivity index (χ0v) is 15.7. The van der Waals surface area contributed by atoms with Crippen molar-refractivity contribution in [2.45, 2.75) is 19.8 Å². The molecule has 128 valence electrons. The molecule has 0 fully saturated rings. The highest BCUT2D eigenvalue weighted by Gasteiger charge is 2.11. The van der Waals surface area contributed by atoms with Crippen molar-refractivity contribution in [3.05, 3.63) is 89.1 Å². The Balaban J connectivity index is 1.99. The molecule has 0 amide bonds. The van der Waals surface area contributed by atoms with E-state index >= 15 is 0 Å². The first-order chi connectivity index (χ1) is 12.6. The van der Waals surface area contributed by atoms with Gasteiger partial charge in [-0.15, -0.1) is 0 Å². The molecule has 3 heteroatoms. The van der Waals surface area contributed by atoms with Crippen LogP contribution in [0.3, 0.4) is 0 Å². The van der Waals surface area contributed by atoms with E-state index in [1.165, 1.54) is 5.56 Å². The normalized spacial score (nSPS) is 11.2. The molecule has 0 aliphatic carbocycles. The third-order valence-electron chi connectivity index (χ3n) is 4.66. The van der Waals surface area contributed by atoms with Crippen LogP contribution in [0.1, 0.15) is 25.3 Å². The summed E-state index contributed by atoms with van der Waals surface area (Å²) in [5.41, 5.74) is 4.36. The van der Waals surface area contributed by atoms with Crippen molar-refractivity contribution in [3.63, 3.8) is 0 Å². The van der Waals surface area contributed by atoms with Crippen molar-refractivity contribution < 1.29 is 0 Å². The monoisotopic (exact) mass is 356 g/mol. The standard InChI is InChI=1S/C23H20N2S/c1-16(2)17-12-14-18(15-13-17)22-20-10-6-7-11-21(20)23(26)25(24-22)19-8-4-3-5-9-19/h3-16H,1-2H3. The predicted molar refractivity (Wildman–Crippen MR) is 111 cm³/mol. The van der Waals surface area contributed by atoms with Crippen molar-refractivity contribution in [1.82, 2.24) is 9.78 Å². The molecule has 2 nitrogen and oxygen atoms in total. The molecule has 0 unspecified atom stereocenters. The van der Waals surface area contributed by atoms with Gasteiger partial charge in [-0.2, -0.15) is 5.10 Å². The number of hydrogen-bond donors (Lipinski definition) is 0. The maximum Gasteiger partial charge on any atom is 0.136 e. The third-order valence-corrected chi connectivity index (χ3v) is 5.05. The van der Waals surface area contributed by atoms with E-state index in [1.807, 2.05) is 47.1 Å². The van der Waals surface area contributed by atoms with Gasteiger partial charge in [0.1, 0.15) is 4.64 Å². The first-order valence-corrected chi connectivity index (χ1v) is 9.24. The highest BCUT2D eigenvalue weighted by Crippen LogP contribution is 2.29. The predicted octanol–water partition coefficient (Wildman–Crippen LogP) is 6.55. The number of fused-ring (bicyclic) bond motifs is 1. The van der Waals surface area contributed by atoms with E-state index in [1.54, 1.807) is 0 Å². The van der Waals surface area contributed by atoms with Crippen molar-refractivity contribution in [2.24, 2.45) is 0 Å². The second kappa shape index (κ2) is 6.85. The topological polar surface area (TPSA) is 17.8 Å². The molecule has 1 aromatic heterocycles. The molecule has 3 aromatic carbocycles. The summed E-state index contributed by atoms with van der Waals surface area (Å²) in [5.74, 6) is 0.512. The molecular formula is C23H20N2S. The second-order valence-electron chi connectivity index (χ2n) is 6.72. The van der Waals surface area contributed by atoms with Gasteiger partial charge >= 0.3 is 0 Å². The number of benzene rings is 3. The van der Waals surface area contributed by atoms with Crippen LogP contribution in [-0.2, 0) is 0 Å². The van der Waals surface area contributed by atoms with Crippen LogP contribution in [0.2, 0.25) is 0 Å². The van der Waals surface area contributed by atoms with Gasteiger partial charge in [-0.05, 0) is 23.6 Å². The molecule has 4 aromatic rings. The van der Waals surface area contributed by atoms with E-state index < -0.39 is 0 Å². The fourth-order valence-electron chi connectivity index (χ4n) is 3.17. The summed E-state index contributed by atoms with van der Waals surface area (Å²) >= 11 is 5.74. The van der Waals surface area contributed by atoms with Gasteiger partial charge in [0, 0.05) is 16.3 Å².